The fourth-order valence-electron chi connectivity index (χ4n) is 2.79. The first-order valence-corrected chi connectivity index (χ1v) is 8.12. The lowest BCUT2D eigenvalue weighted by Gasteiger charge is -2.31. The number of benzene rings is 1. The van der Waals surface area contributed by atoms with E-state index in [0.29, 0.717) is 30.8 Å². The highest BCUT2D eigenvalue weighted by molar-refractivity contribution is 6.01. The lowest BCUT2D eigenvalue weighted by molar-refractivity contribution is -0.115. The number of amides is 2. The number of anilines is 2. The van der Waals surface area contributed by atoms with E-state index in [9.17, 15) is 9.59 Å². The molecule has 0 atom stereocenters. The molecule has 1 heterocycles. The Morgan fingerprint density at radius 2 is 2.09 bits per heavy atom. The Hall–Kier alpha value is -2.08. The first-order chi connectivity index (χ1) is 10.9. The van der Waals surface area contributed by atoms with Gasteiger partial charge in [0.1, 0.15) is 0 Å². The standard InChI is InChI=1S/C17H26N4O2/c1-4-17(5-2,11-18)20-16(23)12-6-7-14-13(10-12)19-15(22)8-9-21(14)3/h6-7,10H,4-5,8-9,11,18H2,1-3H3,(H,19,22)(H,20,23). The van der Waals surface area contributed by atoms with Gasteiger partial charge in [-0.3, -0.25) is 9.59 Å². The quantitative estimate of drug-likeness (QED) is 0.771. The van der Waals surface area contributed by atoms with Crippen LogP contribution in [0.5, 0.6) is 0 Å². The molecule has 6 nitrogen and oxygen atoms in total. The van der Waals surface area contributed by atoms with Crippen LogP contribution in [0.25, 0.3) is 0 Å². The van der Waals surface area contributed by atoms with Gasteiger partial charge in [-0.25, -0.2) is 0 Å². The summed E-state index contributed by atoms with van der Waals surface area (Å²) in [4.78, 5) is 26.4. The van der Waals surface area contributed by atoms with E-state index in [0.717, 1.165) is 18.5 Å². The topological polar surface area (TPSA) is 87.5 Å². The van der Waals surface area contributed by atoms with Crippen LogP contribution in [0.1, 0.15) is 43.5 Å². The van der Waals surface area contributed by atoms with Gasteiger partial charge in [-0.15, -0.1) is 0 Å². The molecule has 1 aliphatic heterocycles. The third kappa shape index (κ3) is 3.64. The summed E-state index contributed by atoms with van der Waals surface area (Å²) >= 11 is 0. The molecule has 0 bridgehead atoms. The normalized spacial score (nSPS) is 14.8. The molecule has 4 N–H and O–H groups in total. The highest BCUT2D eigenvalue weighted by Gasteiger charge is 2.27. The summed E-state index contributed by atoms with van der Waals surface area (Å²) in [6, 6.07) is 5.39. The van der Waals surface area contributed by atoms with Crippen molar-refractivity contribution in [2.24, 2.45) is 5.73 Å². The zero-order chi connectivity index (χ0) is 17.0. The minimum absolute atomic E-state index is 0.0356. The smallest absolute Gasteiger partial charge is 0.251 e. The monoisotopic (exact) mass is 318 g/mol. The molecule has 0 unspecified atom stereocenters. The average Bonchev–Trinajstić information content (AvgIpc) is 2.71. The van der Waals surface area contributed by atoms with E-state index in [1.54, 1.807) is 12.1 Å². The van der Waals surface area contributed by atoms with Crippen LogP contribution in [0.3, 0.4) is 0 Å². The Morgan fingerprint density at radius 1 is 1.39 bits per heavy atom. The first kappa shape index (κ1) is 17.3. The summed E-state index contributed by atoms with van der Waals surface area (Å²) in [5.74, 6) is -0.199. The fraction of sp³-hybridized carbons (Fsp3) is 0.529. The van der Waals surface area contributed by atoms with Crippen LogP contribution in [0.2, 0.25) is 0 Å². The molecule has 0 spiro atoms. The molecule has 0 aromatic heterocycles. The molecule has 1 aromatic rings. The third-order valence-electron chi connectivity index (χ3n) is 4.74. The minimum atomic E-state index is -0.385. The SMILES string of the molecule is CCC(CC)(CN)NC(=O)c1ccc2c(c1)NC(=O)CCN2C. The fourth-order valence-corrected chi connectivity index (χ4v) is 2.79. The molecule has 23 heavy (non-hydrogen) atoms. The second kappa shape index (κ2) is 7.00. The molecule has 2 amide bonds. The van der Waals surface area contributed by atoms with Gasteiger partial charge < -0.3 is 21.3 Å². The summed E-state index contributed by atoms with van der Waals surface area (Å²) in [6.07, 6.45) is 1.99. The first-order valence-electron chi connectivity index (χ1n) is 8.12. The molecular formula is C17H26N4O2. The van der Waals surface area contributed by atoms with Crippen molar-refractivity contribution in [3.05, 3.63) is 23.8 Å². The number of nitrogens with zero attached hydrogens (tertiary/aromatic N) is 1. The van der Waals surface area contributed by atoms with Gasteiger partial charge in [0.2, 0.25) is 5.91 Å². The van der Waals surface area contributed by atoms with E-state index in [4.69, 9.17) is 5.73 Å². The maximum atomic E-state index is 12.6. The molecule has 0 saturated carbocycles. The average molecular weight is 318 g/mol. The van der Waals surface area contributed by atoms with Gasteiger partial charge in [-0.05, 0) is 31.0 Å². The number of hydrogen-bond acceptors (Lipinski definition) is 4. The summed E-state index contributed by atoms with van der Waals surface area (Å²) in [5, 5.41) is 5.92. The molecular weight excluding hydrogens is 292 g/mol. The van der Waals surface area contributed by atoms with Crippen LogP contribution in [0.15, 0.2) is 18.2 Å². The Labute approximate surface area is 137 Å². The highest BCUT2D eigenvalue weighted by Crippen LogP contribution is 2.29. The van der Waals surface area contributed by atoms with Crippen molar-refractivity contribution in [1.29, 1.82) is 0 Å². The second-order valence-corrected chi connectivity index (χ2v) is 6.10. The molecule has 126 valence electrons. The number of hydrogen-bond donors (Lipinski definition) is 3. The van der Waals surface area contributed by atoms with Gasteiger partial charge in [0.15, 0.2) is 0 Å². The van der Waals surface area contributed by atoms with Gasteiger partial charge in [0.05, 0.1) is 16.9 Å². The van der Waals surface area contributed by atoms with Crippen LogP contribution in [0, 0.1) is 0 Å². The van der Waals surface area contributed by atoms with Crippen molar-refractivity contribution in [2.45, 2.75) is 38.6 Å². The molecule has 1 aromatic carbocycles. The Balaban J connectivity index is 2.27. The van der Waals surface area contributed by atoms with Crippen LogP contribution >= 0.6 is 0 Å². The van der Waals surface area contributed by atoms with Crippen LogP contribution in [0.4, 0.5) is 11.4 Å². The molecule has 0 saturated heterocycles. The van der Waals surface area contributed by atoms with E-state index < -0.39 is 0 Å². The third-order valence-corrected chi connectivity index (χ3v) is 4.74. The summed E-state index contributed by atoms with van der Waals surface area (Å²) in [6.45, 7) is 5.09. The van der Waals surface area contributed by atoms with Crippen molar-refractivity contribution in [1.82, 2.24) is 5.32 Å². The largest absolute Gasteiger partial charge is 0.372 e. The van der Waals surface area contributed by atoms with Crippen LogP contribution in [-0.2, 0) is 4.79 Å². The number of carbonyl (C=O) groups is 2. The molecule has 0 fully saturated rings. The molecule has 0 aliphatic carbocycles. The lowest BCUT2D eigenvalue weighted by Crippen LogP contribution is -2.52. The zero-order valence-electron chi connectivity index (χ0n) is 14.1. The summed E-state index contributed by atoms with van der Waals surface area (Å²) < 4.78 is 0. The number of nitrogens with two attached hydrogens (primary N) is 1. The van der Waals surface area contributed by atoms with E-state index in [1.165, 1.54) is 0 Å². The number of fused-ring (bicyclic) bond motifs is 1. The van der Waals surface area contributed by atoms with E-state index in [1.807, 2.05) is 31.9 Å². The Morgan fingerprint density at radius 3 is 2.70 bits per heavy atom. The van der Waals surface area contributed by atoms with Gasteiger partial charge in [-0.1, -0.05) is 13.8 Å². The van der Waals surface area contributed by atoms with Crippen molar-refractivity contribution in [3.8, 4) is 0 Å². The maximum Gasteiger partial charge on any atom is 0.251 e. The summed E-state index contributed by atoms with van der Waals surface area (Å²) in [5.41, 5.74) is 7.58. The minimum Gasteiger partial charge on any atom is -0.372 e. The predicted octanol–water partition coefficient (Wildman–Crippen LogP) is 1.71. The van der Waals surface area contributed by atoms with Gasteiger partial charge in [-0.2, -0.15) is 0 Å². The van der Waals surface area contributed by atoms with E-state index >= 15 is 0 Å². The Bertz CT molecular complexity index is 588. The van der Waals surface area contributed by atoms with Crippen LogP contribution in [-0.4, -0.2) is 37.5 Å². The molecule has 2 rings (SSSR count). The van der Waals surface area contributed by atoms with Crippen molar-refractivity contribution in [2.75, 3.05) is 30.4 Å². The second-order valence-electron chi connectivity index (χ2n) is 6.10. The number of nitrogens with one attached hydrogen (secondary N) is 2. The van der Waals surface area contributed by atoms with Gasteiger partial charge >= 0.3 is 0 Å². The van der Waals surface area contributed by atoms with Crippen molar-refractivity contribution >= 4 is 23.2 Å². The molecule has 1 aliphatic rings. The van der Waals surface area contributed by atoms with Gasteiger partial charge in [0, 0.05) is 32.1 Å². The van der Waals surface area contributed by atoms with E-state index in [2.05, 4.69) is 10.6 Å². The van der Waals surface area contributed by atoms with Crippen molar-refractivity contribution < 1.29 is 9.59 Å². The van der Waals surface area contributed by atoms with E-state index in [-0.39, 0.29) is 17.4 Å². The van der Waals surface area contributed by atoms with Gasteiger partial charge in [0.25, 0.3) is 5.91 Å². The predicted molar refractivity (Wildman–Crippen MR) is 92.8 cm³/mol. The highest BCUT2D eigenvalue weighted by atomic mass is 16.2. The number of carbonyl (C=O) groups excluding carboxylic acids is 2. The lowest BCUT2D eigenvalue weighted by atomic mass is 9.92. The zero-order valence-corrected chi connectivity index (χ0v) is 14.1. The van der Waals surface area contributed by atoms with Crippen LogP contribution < -0.4 is 21.3 Å². The summed E-state index contributed by atoms with van der Waals surface area (Å²) in [7, 11) is 1.94. The molecule has 0 radical (unpaired) electrons. The van der Waals surface area contributed by atoms with Crippen molar-refractivity contribution in [3.63, 3.8) is 0 Å². The molecule has 6 heteroatoms. The maximum absolute atomic E-state index is 12.6. The number of rotatable bonds is 5. The Kier molecular flexibility index (Phi) is 5.26.